The van der Waals surface area contributed by atoms with Crippen molar-refractivity contribution in [3.8, 4) is 0 Å². The van der Waals surface area contributed by atoms with Gasteiger partial charge in [-0.15, -0.1) is 0 Å². The van der Waals surface area contributed by atoms with Gasteiger partial charge in [0.1, 0.15) is 6.10 Å². The van der Waals surface area contributed by atoms with Crippen molar-refractivity contribution in [1.82, 2.24) is 4.90 Å². The fourth-order valence-corrected chi connectivity index (χ4v) is 6.60. The third-order valence-corrected chi connectivity index (χ3v) is 8.45. The molecule has 1 aromatic rings. The molecule has 4 nitrogen and oxygen atoms in total. The minimum Gasteiger partial charge on any atom is -0.461 e. The lowest BCUT2D eigenvalue weighted by atomic mass is 9.59. The summed E-state index contributed by atoms with van der Waals surface area (Å²) in [6, 6.07) is 5.54. The highest BCUT2D eigenvalue weighted by molar-refractivity contribution is 5.76. The first kappa shape index (κ1) is 22.8. The van der Waals surface area contributed by atoms with Crippen LogP contribution in [0.4, 0.5) is 18.9 Å². The molecule has 2 heterocycles. The van der Waals surface area contributed by atoms with Crippen LogP contribution in [0.25, 0.3) is 0 Å². The van der Waals surface area contributed by atoms with E-state index in [1.54, 1.807) is 6.07 Å². The van der Waals surface area contributed by atoms with Gasteiger partial charge in [-0.3, -0.25) is 9.69 Å². The third-order valence-electron chi connectivity index (χ3n) is 8.45. The zero-order chi connectivity index (χ0) is 23.4. The number of nitrogens with zero attached hydrogens (tertiary/aromatic N) is 2. The molecule has 33 heavy (non-hydrogen) atoms. The molecule has 0 amide bonds. The van der Waals surface area contributed by atoms with Gasteiger partial charge in [0.2, 0.25) is 0 Å². The SMILES string of the molecule is CC1CCCC2(C)CC3OC(=O)C(CN4CCN(c5cccc(C(F)(F)F)c5)CC4)C3C=C12. The van der Waals surface area contributed by atoms with Crippen LogP contribution in [0.5, 0.6) is 0 Å². The Morgan fingerprint density at radius 2 is 1.94 bits per heavy atom. The average molecular weight is 463 g/mol. The first-order chi connectivity index (χ1) is 15.6. The van der Waals surface area contributed by atoms with Crippen LogP contribution < -0.4 is 4.90 Å². The van der Waals surface area contributed by atoms with Crippen LogP contribution in [0, 0.1) is 23.2 Å². The molecule has 0 radical (unpaired) electrons. The van der Waals surface area contributed by atoms with Crippen molar-refractivity contribution in [3.05, 3.63) is 41.5 Å². The predicted octanol–water partition coefficient (Wildman–Crippen LogP) is 5.14. The van der Waals surface area contributed by atoms with Crippen molar-refractivity contribution in [2.24, 2.45) is 23.2 Å². The molecule has 7 heteroatoms. The molecule has 1 aromatic carbocycles. The third kappa shape index (κ3) is 4.29. The van der Waals surface area contributed by atoms with Crippen molar-refractivity contribution < 1.29 is 22.7 Å². The summed E-state index contributed by atoms with van der Waals surface area (Å²) in [6.07, 6.45) is 2.58. The largest absolute Gasteiger partial charge is 0.461 e. The molecular formula is C26H33F3N2O2. The molecule has 5 unspecified atom stereocenters. The lowest BCUT2D eigenvalue weighted by Gasteiger charge is -2.46. The van der Waals surface area contributed by atoms with Gasteiger partial charge in [-0.25, -0.2) is 0 Å². The quantitative estimate of drug-likeness (QED) is 0.460. The smallest absolute Gasteiger partial charge is 0.416 e. The second-order valence-electron chi connectivity index (χ2n) is 10.7. The van der Waals surface area contributed by atoms with Crippen LogP contribution in [0.15, 0.2) is 35.9 Å². The van der Waals surface area contributed by atoms with Gasteiger partial charge in [0.05, 0.1) is 11.5 Å². The van der Waals surface area contributed by atoms with Gasteiger partial charge in [0.15, 0.2) is 0 Å². The Kier molecular flexibility index (Phi) is 5.74. The number of esters is 1. The summed E-state index contributed by atoms with van der Waals surface area (Å²) in [7, 11) is 0. The monoisotopic (exact) mass is 462 g/mol. The lowest BCUT2D eigenvalue weighted by Crippen LogP contribution is -2.49. The van der Waals surface area contributed by atoms with Crippen molar-refractivity contribution in [2.75, 3.05) is 37.6 Å². The highest BCUT2D eigenvalue weighted by Crippen LogP contribution is 2.54. The Hall–Kier alpha value is -2.02. The number of anilines is 1. The van der Waals surface area contributed by atoms with E-state index in [0.717, 1.165) is 25.6 Å². The Bertz CT molecular complexity index is 938. The molecule has 0 spiro atoms. The van der Waals surface area contributed by atoms with Crippen LogP contribution in [0.2, 0.25) is 0 Å². The van der Waals surface area contributed by atoms with E-state index in [9.17, 15) is 18.0 Å². The molecule has 5 atom stereocenters. The maximum Gasteiger partial charge on any atom is 0.416 e. The molecule has 2 aliphatic heterocycles. The Labute approximate surface area is 193 Å². The molecule has 0 bridgehead atoms. The van der Waals surface area contributed by atoms with Gasteiger partial charge in [0.25, 0.3) is 0 Å². The van der Waals surface area contributed by atoms with Gasteiger partial charge in [-0.2, -0.15) is 13.2 Å². The minimum absolute atomic E-state index is 0.0204. The summed E-state index contributed by atoms with van der Waals surface area (Å²) >= 11 is 0. The number of carbonyl (C=O) groups is 1. The van der Waals surface area contributed by atoms with Crippen LogP contribution in [-0.4, -0.2) is 49.7 Å². The second kappa shape index (κ2) is 8.33. The summed E-state index contributed by atoms with van der Waals surface area (Å²) in [5, 5.41) is 0. The topological polar surface area (TPSA) is 32.8 Å². The number of ether oxygens (including phenoxy) is 1. The molecule has 4 aliphatic rings. The van der Waals surface area contributed by atoms with Gasteiger partial charge in [-0.1, -0.05) is 38.0 Å². The summed E-state index contributed by atoms with van der Waals surface area (Å²) < 4.78 is 45.1. The van der Waals surface area contributed by atoms with E-state index in [1.165, 1.54) is 37.0 Å². The van der Waals surface area contributed by atoms with E-state index in [2.05, 4.69) is 24.8 Å². The number of hydrogen-bond donors (Lipinski definition) is 0. The Morgan fingerprint density at radius 3 is 2.67 bits per heavy atom. The van der Waals surface area contributed by atoms with E-state index >= 15 is 0 Å². The number of carbonyl (C=O) groups excluding carboxylic acids is 1. The molecular weight excluding hydrogens is 429 g/mol. The number of piperazine rings is 1. The van der Waals surface area contributed by atoms with E-state index < -0.39 is 11.7 Å². The Morgan fingerprint density at radius 1 is 1.18 bits per heavy atom. The molecule has 5 rings (SSSR count). The molecule has 0 N–H and O–H groups in total. The molecule has 3 fully saturated rings. The minimum atomic E-state index is -4.34. The van der Waals surface area contributed by atoms with E-state index in [4.69, 9.17) is 4.74 Å². The van der Waals surface area contributed by atoms with Crippen LogP contribution in [0.1, 0.15) is 45.1 Å². The average Bonchev–Trinajstić information content (AvgIpc) is 3.06. The maximum atomic E-state index is 13.1. The summed E-state index contributed by atoms with van der Waals surface area (Å²) in [6.45, 7) is 8.04. The maximum absolute atomic E-state index is 13.1. The normalized spacial score (nSPS) is 35.0. The summed E-state index contributed by atoms with van der Waals surface area (Å²) in [5.41, 5.74) is 1.67. The van der Waals surface area contributed by atoms with E-state index in [0.29, 0.717) is 31.2 Å². The number of hydrogen-bond acceptors (Lipinski definition) is 4. The van der Waals surface area contributed by atoms with Crippen LogP contribution in [0.3, 0.4) is 0 Å². The van der Waals surface area contributed by atoms with Gasteiger partial charge >= 0.3 is 12.1 Å². The highest BCUT2D eigenvalue weighted by Gasteiger charge is 2.52. The second-order valence-corrected chi connectivity index (χ2v) is 10.7. The highest BCUT2D eigenvalue weighted by atomic mass is 19.4. The number of benzene rings is 1. The first-order valence-corrected chi connectivity index (χ1v) is 12.2. The van der Waals surface area contributed by atoms with Gasteiger partial charge < -0.3 is 9.64 Å². The van der Waals surface area contributed by atoms with Crippen molar-refractivity contribution >= 4 is 11.7 Å². The van der Waals surface area contributed by atoms with Crippen LogP contribution >= 0.6 is 0 Å². The van der Waals surface area contributed by atoms with Crippen molar-refractivity contribution in [2.45, 2.75) is 51.8 Å². The standard InChI is InChI=1S/C26H33F3N2O2/c1-17-5-4-8-25(2)15-23-20(14-22(17)25)21(24(32)33-23)16-30-9-11-31(12-10-30)19-7-3-6-18(13-19)26(27,28)29/h3,6-7,13-14,17,20-21,23H,4-5,8-12,15-16H2,1-2H3. The number of alkyl halides is 3. The molecule has 2 aliphatic carbocycles. The van der Waals surface area contributed by atoms with Crippen LogP contribution in [-0.2, 0) is 15.7 Å². The predicted molar refractivity (Wildman–Crippen MR) is 121 cm³/mol. The van der Waals surface area contributed by atoms with Gasteiger partial charge in [0, 0.05) is 44.3 Å². The number of allylic oxidation sites excluding steroid dienone is 1. The summed E-state index contributed by atoms with van der Waals surface area (Å²) in [4.78, 5) is 17.1. The molecule has 1 saturated carbocycles. The zero-order valence-electron chi connectivity index (χ0n) is 19.4. The fourth-order valence-electron chi connectivity index (χ4n) is 6.60. The lowest BCUT2D eigenvalue weighted by molar-refractivity contribution is -0.145. The Balaban J connectivity index is 1.24. The number of fused-ring (bicyclic) bond motifs is 2. The molecule has 2 saturated heterocycles. The zero-order valence-corrected chi connectivity index (χ0v) is 19.4. The van der Waals surface area contributed by atoms with Gasteiger partial charge in [-0.05, 0) is 48.8 Å². The van der Waals surface area contributed by atoms with Crippen molar-refractivity contribution in [3.63, 3.8) is 0 Å². The first-order valence-electron chi connectivity index (χ1n) is 12.2. The van der Waals surface area contributed by atoms with Crippen molar-refractivity contribution in [1.29, 1.82) is 0 Å². The van der Waals surface area contributed by atoms with E-state index in [1.807, 2.05) is 4.90 Å². The molecule has 180 valence electrons. The number of halogens is 3. The van der Waals surface area contributed by atoms with E-state index in [-0.39, 0.29) is 29.3 Å². The number of rotatable bonds is 3. The summed E-state index contributed by atoms with van der Waals surface area (Å²) in [5.74, 6) is 0.470. The fraction of sp³-hybridized carbons (Fsp3) is 0.654. The molecule has 0 aromatic heterocycles.